The first-order valence-corrected chi connectivity index (χ1v) is 9.74. The first-order chi connectivity index (χ1) is 13.1. The van der Waals surface area contributed by atoms with Gasteiger partial charge in [-0.1, -0.05) is 6.42 Å². The Balaban J connectivity index is 1.63. The quantitative estimate of drug-likeness (QED) is 0.550. The van der Waals surface area contributed by atoms with Gasteiger partial charge in [-0.2, -0.15) is 0 Å². The van der Waals surface area contributed by atoms with Gasteiger partial charge in [-0.05, 0) is 37.5 Å². The third-order valence-corrected chi connectivity index (χ3v) is 6.00. The average Bonchev–Trinajstić information content (AvgIpc) is 3.23. The predicted molar refractivity (Wildman–Crippen MR) is 102 cm³/mol. The third kappa shape index (κ3) is 3.21. The van der Waals surface area contributed by atoms with Gasteiger partial charge in [-0.15, -0.1) is 11.3 Å². The number of fused-ring (bicyclic) bond motifs is 2. The van der Waals surface area contributed by atoms with E-state index in [9.17, 15) is 14.4 Å². The number of esters is 1. The summed E-state index contributed by atoms with van der Waals surface area (Å²) in [5.41, 5.74) is 0.871. The highest BCUT2D eigenvalue weighted by atomic mass is 32.1. The maximum absolute atomic E-state index is 12.9. The van der Waals surface area contributed by atoms with Crippen molar-refractivity contribution in [3.05, 3.63) is 50.6 Å². The van der Waals surface area contributed by atoms with Crippen LogP contribution in [0.25, 0.3) is 10.2 Å². The van der Waals surface area contributed by atoms with Gasteiger partial charge in [0.25, 0.3) is 5.56 Å². The smallest absolute Gasteiger partial charge is 0.349 e. The van der Waals surface area contributed by atoms with Crippen LogP contribution in [0.3, 0.4) is 0 Å². The van der Waals surface area contributed by atoms with E-state index in [1.165, 1.54) is 0 Å². The molecule has 4 heterocycles. The molecule has 1 aliphatic heterocycles. The summed E-state index contributed by atoms with van der Waals surface area (Å²) in [6, 6.07) is 3.33. The van der Waals surface area contributed by atoms with Gasteiger partial charge in [0, 0.05) is 19.2 Å². The van der Waals surface area contributed by atoms with Gasteiger partial charge >= 0.3 is 5.97 Å². The molecule has 0 unspecified atom stereocenters. The third-order valence-electron chi connectivity index (χ3n) is 4.83. The Morgan fingerprint density at radius 3 is 2.96 bits per heavy atom. The first-order valence-electron chi connectivity index (χ1n) is 8.93. The second-order valence-corrected chi connectivity index (χ2v) is 7.61. The lowest BCUT2D eigenvalue weighted by Crippen LogP contribution is -2.24. The van der Waals surface area contributed by atoms with Gasteiger partial charge < -0.3 is 9.72 Å². The van der Waals surface area contributed by atoms with Crippen molar-refractivity contribution in [3.63, 3.8) is 0 Å². The zero-order valence-corrected chi connectivity index (χ0v) is 15.7. The number of hydrogen-bond donors (Lipinski definition) is 1. The highest BCUT2D eigenvalue weighted by molar-refractivity contribution is 7.20. The summed E-state index contributed by atoms with van der Waals surface area (Å²) in [4.78, 5) is 45.7. The number of aromatic nitrogens is 3. The van der Waals surface area contributed by atoms with Gasteiger partial charge in [0.1, 0.15) is 15.5 Å². The van der Waals surface area contributed by atoms with Crippen LogP contribution in [-0.4, -0.2) is 32.9 Å². The molecule has 0 atom stereocenters. The molecule has 0 amide bonds. The number of nitrogens with one attached hydrogen (secondary N) is 1. The molecule has 0 aliphatic carbocycles. The highest BCUT2D eigenvalue weighted by Crippen LogP contribution is 2.29. The average molecular weight is 385 g/mol. The van der Waals surface area contributed by atoms with Crippen LogP contribution in [0.4, 0.5) is 0 Å². The molecule has 3 aromatic rings. The van der Waals surface area contributed by atoms with Crippen molar-refractivity contribution in [2.45, 2.75) is 39.2 Å². The van der Waals surface area contributed by atoms with Crippen molar-refractivity contribution < 1.29 is 14.3 Å². The monoisotopic (exact) mass is 385 g/mol. The number of nitrogens with zero attached hydrogens (tertiary/aromatic N) is 2. The number of ketones is 1. The summed E-state index contributed by atoms with van der Waals surface area (Å²) in [5.74, 6) is -0.125. The topological polar surface area (TPSA) is 94.1 Å². The Morgan fingerprint density at radius 2 is 2.19 bits per heavy atom. The molecule has 0 saturated carbocycles. The van der Waals surface area contributed by atoms with Crippen molar-refractivity contribution in [2.75, 3.05) is 6.61 Å². The lowest BCUT2D eigenvalue weighted by Gasteiger charge is -2.08. The molecule has 1 aliphatic rings. The number of hydrogen-bond acceptors (Lipinski definition) is 6. The molecule has 27 heavy (non-hydrogen) atoms. The lowest BCUT2D eigenvalue weighted by atomic mass is 10.2. The highest BCUT2D eigenvalue weighted by Gasteiger charge is 2.23. The molecule has 0 radical (unpaired) electrons. The minimum absolute atomic E-state index is 0.0906. The summed E-state index contributed by atoms with van der Waals surface area (Å²) in [6.45, 7) is 2.04. The van der Waals surface area contributed by atoms with Gasteiger partial charge in [0.2, 0.25) is 5.78 Å². The van der Waals surface area contributed by atoms with Gasteiger partial charge in [0.05, 0.1) is 11.1 Å². The molecule has 1 N–H and O–H groups in total. The van der Waals surface area contributed by atoms with E-state index in [2.05, 4.69) is 9.97 Å². The Bertz CT molecular complexity index is 1080. The maximum Gasteiger partial charge on any atom is 0.349 e. The molecule has 7 nitrogen and oxygen atoms in total. The number of carbonyl (C=O) groups is 2. The largest absolute Gasteiger partial charge is 0.453 e. The van der Waals surface area contributed by atoms with Crippen molar-refractivity contribution in [2.24, 2.45) is 0 Å². The second-order valence-electron chi connectivity index (χ2n) is 6.61. The summed E-state index contributed by atoms with van der Waals surface area (Å²) in [6.07, 6.45) is 5.46. The van der Waals surface area contributed by atoms with E-state index < -0.39 is 5.97 Å². The Morgan fingerprint density at radius 1 is 1.33 bits per heavy atom. The van der Waals surface area contributed by atoms with Crippen LogP contribution in [0.15, 0.2) is 23.1 Å². The molecular formula is C19H19N3O4S. The fourth-order valence-electron chi connectivity index (χ4n) is 3.38. The molecule has 0 fully saturated rings. The van der Waals surface area contributed by atoms with Crippen molar-refractivity contribution in [1.82, 2.24) is 14.5 Å². The number of Topliss-reactive ketones (excluding diaryl/α,β-unsaturated/α-hetero) is 1. The van der Waals surface area contributed by atoms with E-state index in [4.69, 9.17) is 4.74 Å². The van der Waals surface area contributed by atoms with Crippen LogP contribution in [0.2, 0.25) is 0 Å². The minimum atomic E-state index is -0.602. The van der Waals surface area contributed by atoms with E-state index in [1.807, 2.05) is 0 Å². The van der Waals surface area contributed by atoms with Gasteiger partial charge in [-0.25, -0.2) is 9.78 Å². The molecule has 0 bridgehead atoms. The molecular weight excluding hydrogens is 366 g/mol. The number of aryl methyl sites for hydroxylation is 2. The van der Waals surface area contributed by atoms with Crippen molar-refractivity contribution in [3.8, 4) is 0 Å². The van der Waals surface area contributed by atoms with Gasteiger partial charge in [0.15, 0.2) is 6.61 Å². The first kappa shape index (κ1) is 17.7. The standard InChI is InChI=1S/C19H19N3O4S/c1-11-15-17(21-14-7-3-2-4-9-22(14)18(15)24)27-16(11)19(25)26-10-13(23)12-6-5-8-20-12/h5-6,8,20H,2-4,7,9-10H2,1H3. The van der Waals surface area contributed by atoms with Crippen LogP contribution in [0.5, 0.6) is 0 Å². The molecule has 0 aromatic carbocycles. The van der Waals surface area contributed by atoms with E-state index in [0.717, 1.165) is 42.8 Å². The summed E-state index contributed by atoms with van der Waals surface area (Å²) >= 11 is 1.16. The summed E-state index contributed by atoms with van der Waals surface area (Å²) < 4.78 is 6.91. The van der Waals surface area contributed by atoms with Crippen LogP contribution in [0, 0.1) is 6.92 Å². The Labute approximate surface area is 159 Å². The number of aromatic amines is 1. The number of thiophene rings is 1. The SMILES string of the molecule is Cc1c(C(=O)OCC(=O)c2ccc[nH]2)sc2nc3n(c(=O)c12)CCCCC3. The number of H-pyrrole nitrogens is 1. The Hall–Kier alpha value is -2.74. The van der Waals surface area contributed by atoms with Crippen molar-refractivity contribution in [1.29, 1.82) is 0 Å². The predicted octanol–water partition coefficient (Wildman–Crippen LogP) is 2.86. The van der Waals surface area contributed by atoms with Crippen LogP contribution < -0.4 is 5.56 Å². The molecule has 8 heteroatoms. The number of rotatable bonds is 4. The summed E-state index contributed by atoms with van der Waals surface area (Å²) in [7, 11) is 0. The summed E-state index contributed by atoms with van der Waals surface area (Å²) in [5, 5.41) is 0.480. The fraction of sp³-hybridized carbons (Fsp3) is 0.368. The van der Waals surface area contributed by atoms with Crippen LogP contribution in [0.1, 0.15) is 50.8 Å². The minimum Gasteiger partial charge on any atom is -0.453 e. The van der Waals surface area contributed by atoms with Crippen molar-refractivity contribution >= 4 is 33.3 Å². The second kappa shape index (κ2) is 7.11. The molecule has 3 aromatic heterocycles. The zero-order valence-electron chi connectivity index (χ0n) is 14.9. The van der Waals surface area contributed by atoms with Crippen LogP contribution >= 0.6 is 11.3 Å². The van der Waals surface area contributed by atoms with Gasteiger partial charge in [-0.3, -0.25) is 14.2 Å². The molecule has 140 valence electrons. The van der Waals surface area contributed by atoms with Crippen LogP contribution in [-0.2, 0) is 17.7 Å². The molecule has 0 saturated heterocycles. The Kier molecular flexibility index (Phi) is 4.65. The fourth-order valence-corrected chi connectivity index (χ4v) is 4.47. The normalized spacial score (nSPS) is 14.0. The van der Waals surface area contributed by atoms with E-state index in [1.54, 1.807) is 29.8 Å². The number of ether oxygens (including phenoxy) is 1. The lowest BCUT2D eigenvalue weighted by molar-refractivity contribution is 0.0478. The van der Waals surface area contributed by atoms with E-state index >= 15 is 0 Å². The maximum atomic E-state index is 12.9. The van der Waals surface area contributed by atoms with E-state index in [0.29, 0.717) is 32.9 Å². The van der Waals surface area contributed by atoms with E-state index in [-0.39, 0.29) is 17.9 Å². The molecule has 4 rings (SSSR count). The zero-order chi connectivity index (χ0) is 19.0. The number of carbonyl (C=O) groups excluding carboxylic acids is 2. The molecule has 0 spiro atoms.